The van der Waals surface area contributed by atoms with Crippen molar-refractivity contribution < 1.29 is 9.59 Å². The van der Waals surface area contributed by atoms with Crippen LogP contribution in [0.3, 0.4) is 0 Å². The van der Waals surface area contributed by atoms with Crippen molar-refractivity contribution in [3.05, 3.63) is 78.5 Å². The Morgan fingerprint density at radius 3 is 2.64 bits per heavy atom. The molecular formula is C20H19N3O2. The third-order valence-electron chi connectivity index (χ3n) is 3.95. The average Bonchev–Trinajstić information content (AvgIpc) is 3.12. The number of carbonyl (C=O) groups excluding carboxylic acids is 2. The number of benzene rings is 2. The van der Waals surface area contributed by atoms with Crippen molar-refractivity contribution in [2.24, 2.45) is 0 Å². The maximum Gasteiger partial charge on any atom is 0.255 e. The molecule has 0 bridgehead atoms. The van der Waals surface area contributed by atoms with Crippen LogP contribution in [0.1, 0.15) is 15.9 Å². The van der Waals surface area contributed by atoms with Gasteiger partial charge < -0.3 is 15.6 Å². The molecule has 0 spiro atoms. The number of fused-ring (bicyclic) bond motifs is 1. The molecule has 1 heterocycles. The van der Waals surface area contributed by atoms with Crippen LogP contribution in [0.2, 0.25) is 0 Å². The Morgan fingerprint density at radius 1 is 1.08 bits per heavy atom. The van der Waals surface area contributed by atoms with Gasteiger partial charge in [0.2, 0.25) is 5.91 Å². The molecule has 0 aliphatic carbocycles. The van der Waals surface area contributed by atoms with E-state index in [0.29, 0.717) is 18.5 Å². The highest BCUT2D eigenvalue weighted by Crippen LogP contribution is 2.22. The largest absolute Gasteiger partial charge is 0.359 e. The van der Waals surface area contributed by atoms with E-state index in [1.807, 2.05) is 42.6 Å². The molecule has 3 N–H and O–H groups in total. The van der Waals surface area contributed by atoms with Crippen LogP contribution >= 0.6 is 0 Å². The fourth-order valence-electron chi connectivity index (χ4n) is 2.61. The predicted molar refractivity (Wildman–Crippen MR) is 99.6 cm³/mol. The fourth-order valence-corrected chi connectivity index (χ4v) is 2.61. The highest BCUT2D eigenvalue weighted by molar-refractivity contribution is 6.08. The van der Waals surface area contributed by atoms with E-state index in [2.05, 4.69) is 22.2 Å². The Hall–Kier alpha value is -3.34. The van der Waals surface area contributed by atoms with Crippen LogP contribution in [-0.2, 0) is 11.2 Å². The topological polar surface area (TPSA) is 74.0 Å². The van der Waals surface area contributed by atoms with Gasteiger partial charge in [-0.05, 0) is 42.3 Å². The summed E-state index contributed by atoms with van der Waals surface area (Å²) in [6.07, 6.45) is 3.79. The Labute approximate surface area is 145 Å². The van der Waals surface area contributed by atoms with E-state index >= 15 is 0 Å². The van der Waals surface area contributed by atoms with Gasteiger partial charge >= 0.3 is 0 Å². The minimum atomic E-state index is -0.186. The van der Waals surface area contributed by atoms with E-state index in [-0.39, 0.29) is 11.8 Å². The van der Waals surface area contributed by atoms with Crippen molar-refractivity contribution in [3.8, 4) is 0 Å². The summed E-state index contributed by atoms with van der Waals surface area (Å²) >= 11 is 0. The minimum absolute atomic E-state index is 0.159. The normalized spacial score (nSPS) is 10.4. The maximum atomic E-state index is 12.4. The van der Waals surface area contributed by atoms with Crippen LogP contribution in [0.15, 0.2) is 67.4 Å². The summed E-state index contributed by atoms with van der Waals surface area (Å²) in [6, 6.07) is 15.1. The standard InChI is InChI=1S/C20H19N3O2/c1-2-18(24)21-12-10-14-6-8-16(9-7-14)20(25)23-17-5-3-4-15-11-13-22-19(15)17/h2-9,11,13,22H,1,10,12H2,(H,21,24)(H,23,25). The number of amides is 2. The first-order chi connectivity index (χ1) is 12.2. The summed E-state index contributed by atoms with van der Waals surface area (Å²) in [5, 5.41) is 6.71. The zero-order valence-corrected chi connectivity index (χ0v) is 13.7. The van der Waals surface area contributed by atoms with Crippen LogP contribution in [0, 0.1) is 0 Å². The van der Waals surface area contributed by atoms with Crippen molar-refractivity contribution in [2.75, 3.05) is 11.9 Å². The van der Waals surface area contributed by atoms with Crippen LogP contribution in [0.4, 0.5) is 5.69 Å². The van der Waals surface area contributed by atoms with Crippen LogP contribution in [0.5, 0.6) is 0 Å². The molecular weight excluding hydrogens is 314 g/mol. The fraction of sp³-hybridized carbons (Fsp3) is 0.100. The van der Waals surface area contributed by atoms with Gasteiger partial charge in [0.15, 0.2) is 0 Å². The number of para-hydroxylation sites is 1. The molecule has 0 radical (unpaired) electrons. The minimum Gasteiger partial charge on any atom is -0.359 e. The number of aromatic nitrogens is 1. The van der Waals surface area contributed by atoms with Gasteiger partial charge in [-0.25, -0.2) is 0 Å². The van der Waals surface area contributed by atoms with Crippen molar-refractivity contribution >= 4 is 28.4 Å². The second-order valence-corrected chi connectivity index (χ2v) is 5.64. The second-order valence-electron chi connectivity index (χ2n) is 5.64. The first-order valence-electron chi connectivity index (χ1n) is 8.04. The zero-order valence-electron chi connectivity index (χ0n) is 13.7. The predicted octanol–water partition coefficient (Wildman–Crippen LogP) is 3.26. The van der Waals surface area contributed by atoms with Crippen molar-refractivity contribution in [1.29, 1.82) is 0 Å². The number of nitrogens with one attached hydrogen (secondary N) is 3. The van der Waals surface area contributed by atoms with Crippen molar-refractivity contribution in [2.45, 2.75) is 6.42 Å². The molecule has 1 aromatic heterocycles. The van der Waals surface area contributed by atoms with Crippen LogP contribution in [0.25, 0.3) is 10.9 Å². The van der Waals surface area contributed by atoms with Crippen molar-refractivity contribution in [1.82, 2.24) is 10.3 Å². The van der Waals surface area contributed by atoms with E-state index in [4.69, 9.17) is 0 Å². The Balaban J connectivity index is 1.63. The molecule has 2 amide bonds. The summed E-state index contributed by atoms with van der Waals surface area (Å²) in [4.78, 5) is 26.7. The molecule has 0 unspecified atom stereocenters. The number of hydrogen-bond donors (Lipinski definition) is 3. The summed E-state index contributed by atoms with van der Waals surface area (Å²) in [5.74, 6) is -0.344. The number of aromatic amines is 1. The van der Waals surface area contributed by atoms with Gasteiger partial charge in [-0.15, -0.1) is 0 Å². The molecule has 0 aliphatic heterocycles. The number of rotatable bonds is 6. The lowest BCUT2D eigenvalue weighted by Gasteiger charge is -2.08. The monoisotopic (exact) mass is 333 g/mol. The molecule has 0 saturated carbocycles. The molecule has 0 aliphatic rings. The molecule has 0 atom stereocenters. The molecule has 3 aromatic rings. The third kappa shape index (κ3) is 3.95. The SMILES string of the molecule is C=CC(=O)NCCc1ccc(C(=O)Nc2cccc3cc[nH]c23)cc1. The van der Waals surface area contributed by atoms with Gasteiger partial charge in [0.1, 0.15) is 0 Å². The molecule has 0 fully saturated rings. The highest BCUT2D eigenvalue weighted by Gasteiger charge is 2.09. The summed E-state index contributed by atoms with van der Waals surface area (Å²) < 4.78 is 0. The molecule has 5 nitrogen and oxygen atoms in total. The maximum absolute atomic E-state index is 12.4. The third-order valence-corrected chi connectivity index (χ3v) is 3.95. The first kappa shape index (κ1) is 16.5. The molecule has 5 heteroatoms. The Bertz CT molecular complexity index is 910. The number of hydrogen-bond acceptors (Lipinski definition) is 2. The van der Waals surface area contributed by atoms with E-state index in [1.54, 1.807) is 12.1 Å². The van der Waals surface area contributed by atoms with Gasteiger partial charge in [0.05, 0.1) is 11.2 Å². The summed E-state index contributed by atoms with van der Waals surface area (Å²) in [5.41, 5.74) is 3.30. The van der Waals surface area contributed by atoms with Gasteiger partial charge in [-0.2, -0.15) is 0 Å². The van der Waals surface area contributed by atoms with Crippen LogP contribution < -0.4 is 10.6 Å². The molecule has 126 valence electrons. The molecule has 3 rings (SSSR count). The summed E-state index contributed by atoms with van der Waals surface area (Å²) in [7, 11) is 0. The van der Waals surface area contributed by atoms with Gasteiger partial charge in [0, 0.05) is 23.7 Å². The van der Waals surface area contributed by atoms with Gasteiger partial charge in [-0.3, -0.25) is 9.59 Å². The lowest BCUT2D eigenvalue weighted by atomic mass is 10.1. The lowest BCUT2D eigenvalue weighted by molar-refractivity contribution is -0.116. The quantitative estimate of drug-likeness (QED) is 0.606. The number of anilines is 1. The van der Waals surface area contributed by atoms with E-state index in [9.17, 15) is 9.59 Å². The number of H-pyrrole nitrogens is 1. The van der Waals surface area contributed by atoms with Crippen LogP contribution in [-0.4, -0.2) is 23.3 Å². The molecule has 2 aromatic carbocycles. The first-order valence-corrected chi connectivity index (χ1v) is 8.04. The Kier molecular flexibility index (Phi) is 4.95. The highest BCUT2D eigenvalue weighted by atomic mass is 16.2. The average molecular weight is 333 g/mol. The molecule has 25 heavy (non-hydrogen) atoms. The molecule has 0 saturated heterocycles. The van der Waals surface area contributed by atoms with E-state index in [0.717, 1.165) is 22.2 Å². The Morgan fingerprint density at radius 2 is 1.88 bits per heavy atom. The van der Waals surface area contributed by atoms with E-state index < -0.39 is 0 Å². The van der Waals surface area contributed by atoms with E-state index in [1.165, 1.54) is 6.08 Å². The van der Waals surface area contributed by atoms with Gasteiger partial charge in [-0.1, -0.05) is 30.8 Å². The second kappa shape index (κ2) is 7.49. The van der Waals surface area contributed by atoms with Gasteiger partial charge in [0.25, 0.3) is 5.91 Å². The smallest absolute Gasteiger partial charge is 0.255 e. The summed E-state index contributed by atoms with van der Waals surface area (Å²) in [6.45, 7) is 3.94. The zero-order chi connectivity index (χ0) is 17.6. The van der Waals surface area contributed by atoms with Crippen molar-refractivity contribution in [3.63, 3.8) is 0 Å². The lowest BCUT2D eigenvalue weighted by Crippen LogP contribution is -2.23. The number of carbonyl (C=O) groups is 2.